The second-order valence-corrected chi connectivity index (χ2v) is 7.38. The molecule has 0 spiro atoms. The van der Waals surface area contributed by atoms with Gasteiger partial charge in [0.2, 0.25) is 0 Å². The SMILES string of the molecule is COc1ccccc1-c1cc(C(=O)N[C@@H](C)[C@H]2C[C@H]3CC[C@H]2C3)no1. The number of benzene rings is 1. The Kier molecular flexibility index (Phi) is 4.24. The number of para-hydroxylation sites is 1. The normalized spacial score (nSPS) is 25.8. The summed E-state index contributed by atoms with van der Waals surface area (Å²) in [5.41, 5.74) is 1.11. The Labute approximate surface area is 147 Å². The minimum absolute atomic E-state index is 0.167. The van der Waals surface area contributed by atoms with E-state index in [1.165, 1.54) is 25.7 Å². The van der Waals surface area contributed by atoms with Crippen molar-refractivity contribution in [3.05, 3.63) is 36.0 Å². The van der Waals surface area contributed by atoms with Crippen LogP contribution in [-0.4, -0.2) is 24.2 Å². The van der Waals surface area contributed by atoms with E-state index < -0.39 is 0 Å². The Morgan fingerprint density at radius 3 is 2.88 bits per heavy atom. The molecular weight excluding hydrogens is 316 g/mol. The molecule has 0 radical (unpaired) electrons. The van der Waals surface area contributed by atoms with Crippen LogP contribution in [0.5, 0.6) is 5.75 Å². The summed E-state index contributed by atoms with van der Waals surface area (Å²) in [5, 5.41) is 7.08. The number of methoxy groups -OCH3 is 1. The molecule has 0 saturated heterocycles. The Hall–Kier alpha value is -2.30. The van der Waals surface area contributed by atoms with Crippen LogP contribution in [0.1, 0.15) is 43.1 Å². The summed E-state index contributed by atoms with van der Waals surface area (Å²) in [6.07, 6.45) is 5.27. The molecule has 0 unspecified atom stereocenters. The predicted molar refractivity (Wildman–Crippen MR) is 94.4 cm³/mol. The summed E-state index contributed by atoms with van der Waals surface area (Å²) >= 11 is 0. The Morgan fingerprint density at radius 2 is 2.16 bits per heavy atom. The van der Waals surface area contributed by atoms with Gasteiger partial charge in [-0.3, -0.25) is 4.79 Å². The molecule has 2 fully saturated rings. The summed E-state index contributed by atoms with van der Waals surface area (Å²) in [6.45, 7) is 2.12. The predicted octanol–water partition coefficient (Wildman–Crippen LogP) is 3.90. The first-order valence-electron chi connectivity index (χ1n) is 9.06. The number of aromatic nitrogens is 1. The molecule has 4 rings (SSSR count). The molecule has 0 aliphatic heterocycles. The number of nitrogens with one attached hydrogen (secondary N) is 1. The number of carbonyl (C=O) groups is 1. The quantitative estimate of drug-likeness (QED) is 0.896. The van der Waals surface area contributed by atoms with Crippen molar-refractivity contribution in [2.24, 2.45) is 17.8 Å². The summed E-state index contributed by atoms with van der Waals surface area (Å²) < 4.78 is 10.7. The van der Waals surface area contributed by atoms with Crippen LogP contribution in [-0.2, 0) is 0 Å². The third-order valence-electron chi connectivity index (χ3n) is 5.91. The standard InChI is InChI=1S/C20H24N2O3/c1-12(16-10-13-7-8-14(16)9-13)21-20(23)17-11-19(25-22-17)15-5-3-4-6-18(15)24-2/h3-6,11-14,16H,7-10H2,1-2H3,(H,21,23)/t12-,13-,14-,16+/m0/s1. The molecule has 2 aliphatic rings. The molecule has 25 heavy (non-hydrogen) atoms. The van der Waals surface area contributed by atoms with Crippen molar-refractivity contribution < 1.29 is 14.1 Å². The zero-order valence-corrected chi connectivity index (χ0v) is 14.7. The lowest BCUT2D eigenvalue weighted by molar-refractivity contribution is 0.0906. The molecule has 1 heterocycles. The fourth-order valence-electron chi connectivity index (χ4n) is 4.65. The van der Waals surface area contributed by atoms with Gasteiger partial charge in [0, 0.05) is 12.1 Å². The topological polar surface area (TPSA) is 64.4 Å². The molecule has 1 aromatic carbocycles. The van der Waals surface area contributed by atoms with E-state index >= 15 is 0 Å². The van der Waals surface area contributed by atoms with E-state index in [0.29, 0.717) is 23.1 Å². The average Bonchev–Trinajstić information content (AvgIpc) is 3.37. The van der Waals surface area contributed by atoms with Gasteiger partial charge in [0.15, 0.2) is 11.5 Å². The van der Waals surface area contributed by atoms with Gasteiger partial charge in [0.05, 0.1) is 12.7 Å². The lowest BCUT2D eigenvalue weighted by Crippen LogP contribution is -2.40. The van der Waals surface area contributed by atoms with Crippen LogP contribution in [0.3, 0.4) is 0 Å². The molecule has 1 aromatic heterocycles. The molecule has 2 bridgehead atoms. The van der Waals surface area contributed by atoms with E-state index in [0.717, 1.165) is 17.4 Å². The van der Waals surface area contributed by atoms with Crippen molar-refractivity contribution >= 4 is 5.91 Å². The van der Waals surface area contributed by atoms with Crippen molar-refractivity contribution in [2.75, 3.05) is 7.11 Å². The van der Waals surface area contributed by atoms with Crippen molar-refractivity contribution in [1.82, 2.24) is 10.5 Å². The van der Waals surface area contributed by atoms with Crippen LogP contribution in [0.25, 0.3) is 11.3 Å². The number of ether oxygens (including phenoxy) is 1. The maximum atomic E-state index is 12.6. The van der Waals surface area contributed by atoms with E-state index in [1.54, 1.807) is 13.2 Å². The van der Waals surface area contributed by atoms with Crippen molar-refractivity contribution in [3.63, 3.8) is 0 Å². The second kappa shape index (κ2) is 6.54. The highest BCUT2D eigenvalue weighted by Gasteiger charge is 2.42. The molecule has 5 heteroatoms. The molecule has 2 aliphatic carbocycles. The van der Waals surface area contributed by atoms with E-state index in [1.807, 2.05) is 24.3 Å². The first kappa shape index (κ1) is 16.2. The number of fused-ring (bicyclic) bond motifs is 2. The first-order chi connectivity index (χ1) is 12.2. The van der Waals surface area contributed by atoms with Gasteiger partial charge in [-0.1, -0.05) is 23.7 Å². The van der Waals surface area contributed by atoms with E-state index in [-0.39, 0.29) is 11.9 Å². The van der Waals surface area contributed by atoms with E-state index in [9.17, 15) is 4.79 Å². The largest absolute Gasteiger partial charge is 0.496 e. The van der Waals surface area contributed by atoms with Gasteiger partial charge in [0.1, 0.15) is 5.75 Å². The molecule has 1 N–H and O–H groups in total. The zero-order valence-electron chi connectivity index (χ0n) is 14.7. The van der Waals surface area contributed by atoms with Crippen LogP contribution in [0.2, 0.25) is 0 Å². The van der Waals surface area contributed by atoms with Gasteiger partial charge in [0.25, 0.3) is 5.91 Å². The summed E-state index contributed by atoms with van der Waals surface area (Å²) in [7, 11) is 1.61. The highest BCUT2D eigenvalue weighted by Crippen LogP contribution is 2.49. The minimum Gasteiger partial charge on any atom is -0.496 e. The molecule has 4 atom stereocenters. The van der Waals surface area contributed by atoms with Gasteiger partial charge in [-0.25, -0.2) is 0 Å². The fraction of sp³-hybridized carbons (Fsp3) is 0.500. The number of carbonyl (C=O) groups excluding carboxylic acids is 1. The lowest BCUT2D eigenvalue weighted by Gasteiger charge is -2.28. The van der Waals surface area contributed by atoms with Crippen LogP contribution in [0.15, 0.2) is 34.9 Å². The molecule has 2 aromatic rings. The summed E-state index contributed by atoms with van der Waals surface area (Å²) in [4.78, 5) is 12.6. The summed E-state index contributed by atoms with van der Waals surface area (Å²) in [5.74, 6) is 3.32. The maximum absolute atomic E-state index is 12.6. The number of hydrogen-bond acceptors (Lipinski definition) is 4. The third kappa shape index (κ3) is 3.03. The highest BCUT2D eigenvalue weighted by atomic mass is 16.5. The minimum atomic E-state index is -0.167. The van der Waals surface area contributed by atoms with Crippen LogP contribution in [0, 0.1) is 17.8 Å². The second-order valence-electron chi connectivity index (χ2n) is 7.38. The third-order valence-corrected chi connectivity index (χ3v) is 5.91. The van der Waals surface area contributed by atoms with Gasteiger partial charge in [-0.05, 0) is 56.1 Å². The smallest absolute Gasteiger partial charge is 0.273 e. The van der Waals surface area contributed by atoms with Gasteiger partial charge in [-0.2, -0.15) is 0 Å². The van der Waals surface area contributed by atoms with Gasteiger partial charge in [-0.15, -0.1) is 0 Å². The number of nitrogens with zero attached hydrogens (tertiary/aromatic N) is 1. The number of rotatable bonds is 5. The molecule has 132 valence electrons. The number of hydrogen-bond donors (Lipinski definition) is 1. The van der Waals surface area contributed by atoms with Crippen LogP contribution < -0.4 is 10.1 Å². The monoisotopic (exact) mass is 340 g/mol. The van der Waals surface area contributed by atoms with Crippen molar-refractivity contribution in [1.29, 1.82) is 0 Å². The van der Waals surface area contributed by atoms with Gasteiger partial charge >= 0.3 is 0 Å². The molecule has 5 nitrogen and oxygen atoms in total. The van der Waals surface area contributed by atoms with E-state index in [4.69, 9.17) is 9.26 Å². The first-order valence-corrected chi connectivity index (χ1v) is 9.06. The van der Waals surface area contributed by atoms with Crippen LogP contribution >= 0.6 is 0 Å². The number of amides is 1. The Bertz CT molecular complexity index is 770. The lowest BCUT2D eigenvalue weighted by atomic mass is 9.84. The maximum Gasteiger partial charge on any atom is 0.273 e. The molecule has 1 amide bonds. The van der Waals surface area contributed by atoms with Crippen molar-refractivity contribution in [2.45, 2.75) is 38.6 Å². The zero-order chi connectivity index (χ0) is 17.4. The van der Waals surface area contributed by atoms with Crippen molar-refractivity contribution in [3.8, 4) is 17.1 Å². The molecular formula is C20H24N2O3. The average molecular weight is 340 g/mol. The van der Waals surface area contributed by atoms with Gasteiger partial charge < -0.3 is 14.6 Å². The highest BCUT2D eigenvalue weighted by molar-refractivity contribution is 5.93. The molecule has 2 saturated carbocycles. The Morgan fingerprint density at radius 1 is 1.32 bits per heavy atom. The van der Waals surface area contributed by atoms with E-state index in [2.05, 4.69) is 17.4 Å². The summed E-state index contributed by atoms with van der Waals surface area (Å²) in [6, 6.07) is 9.39. The van der Waals surface area contributed by atoms with Crippen LogP contribution in [0.4, 0.5) is 0 Å². The fourth-order valence-corrected chi connectivity index (χ4v) is 4.65. The Balaban J connectivity index is 1.45.